The van der Waals surface area contributed by atoms with Gasteiger partial charge in [-0.1, -0.05) is 6.07 Å². The fourth-order valence-corrected chi connectivity index (χ4v) is 2.60. The van der Waals surface area contributed by atoms with Gasteiger partial charge >= 0.3 is 0 Å². The Hall–Kier alpha value is -2.21. The van der Waals surface area contributed by atoms with Gasteiger partial charge in [-0.15, -0.1) is 0 Å². The van der Waals surface area contributed by atoms with Crippen molar-refractivity contribution >= 4 is 33.4 Å². The Labute approximate surface area is 150 Å². The van der Waals surface area contributed by atoms with Crippen molar-refractivity contribution in [2.24, 2.45) is 5.41 Å². The van der Waals surface area contributed by atoms with Gasteiger partial charge in [0.2, 0.25) is 11.8 Å². The summed E-state index contributed by atoms with van der Waals surface area (Å²) in [6.45, 7) is 5.53. The number of benzene rings is 1. The summed E-state index contributed by atoms with van der Waals surface area (Å²) in [6, 6.07) is 9.25. The Morgan fingerprint density at radius 2 is 1.79 bits per heavy atom. The second-order valence-corrected chi connectivity index (χ2v) is 6.95. The summed E-state index contributed by atoms with van der Waals surface area (Å²) in [5.74, 6) is -0.695. The fraction of sp³-hybridized carbons (Fsp3) is 0.278. The predicted molar refractivity (Wildman–Crippen MR) is 97.4 cm³/mol. The number of aryl methyl sites for hydroxylation is 1. The maximum atomic E-state index is 12.5. The minimum atomic E-state index is -1.20. The topological polar surface area (TPSA) is 71.1 Å². The lowest BCUT2D eigenvalue weighted by molar-refractivity contribution is -0.138. The number of pyridine rings is 1. The van der Waals surface area contributed by atoms with E-state index in [-0.39, 0.29) is 11.8 Å². The lowest BCUT2D eigenvalue weighted by Crippen LogP contribution is -2.44. The number of rotatable bonds is 5. The standard InChI is InChI=1S/C18H20BrN3O2/c1-12-4-5-15(14(19)10-12)22-17(24)18(2,3)16(23)21-11-13-6-8-20-9-7-13/h4-10H,11H2,1-3H3,(H,21,23)(H,22,24). The molecule has 0 spiro atoms. The van der Waals surface area contributed by atoms with E-state index in [4.69, 9.17) is 0 Å². The molecule has 0 saturated heterocycles. The Morgan fingerprint density at radius 1 is 1.12 bits per heavy atom. The van der Waals surface area contributed by atoms with Crippen LogP contribution in [-0.2, 0) is 16.1 Å². The van der Waals surface area contributed by atoms with Gasteiger partial charge in [0.1, 0.15) is 5.41 Å². The number of anilines is 1. The summed E-state index contributed by atoms with van der Waals surface area (Å²) in [5.41, 5.74) is 1.45. The lowest BCUT2D eigenvalue weighted by Gasteiger charge is -2.23. The third kappa shape index (κ3) is 4.41. The summed E-state index contributed by atoms with van der Waals surface area (Å²) < 4.78 is 0.781. The first-order chi connectivity index (χ1) is 11.3. The number of nitrogens with zero attached hydrogens (tertiary/aromatic N) is 1. The molecule has 2 rings (SSSR count). The molecular weight excluding hydrogens is 370 g/mol. The van der Waals surface area contributed by atoms with E-state index >= 15 is 0 Å². The fourth-order valence-electron chi connectivity index (χ4n) is 2.01. The molecule has 0 bridgehead atoms. The second kappa shape index (κ2) is 7.57. The highest BCUT2D eigenvalue weighted by molar-refractivity contribution is 9.10. The number of aromatic nitrogens is 1. The van der Waals surface area contributed by atoms with Crippen LogP contribution >= 0.6 is 15.9 Å². The van der Waals surface area contributed by atoms with Crippen LogP contribution in [0.25, 0.3) is 0 Å². The van der Waals surface area contributed by atoms with E-state index in [1.807, 2.05) is 37.3 Å². The number of nitrogens with one attached hydrogen (secondary N) is 2. The average molecular weight is 390 g/mol. The van der Waals surface area contributed by atoms with Gasteiger partial charge in [0.05, 0.1) is 5.69 Å². The molecule has 24 heavy (non-hydrogen) atoms. The third-order valence-corrected chi connectivity index (χ3v) is 4.37. The summed E-state index contributed by atoms with van der Waals surface area (Å²) in [5, 5.41) is 5.59. The van der Waals surface area contributed by atoms with Gasteiger partial charge in [-0.3, -0.25) is 14.6 Å². The van der Waals surface area contributed by atoms with Crippen molar-refractivity contribution in [3.63, 3.8) is 0 Å². The lowest BCUT2D eigenvalue weighted by atomic mass is 9.90. The van der Waals surface area contributed by atoms with Crippen molar-refractivity contribution in [2.75, 3.05) is 5.32 Å². The van der Waals surface area contributed by atoms with Crippen molar-refractivity contribution in [2.45, 2.75) is 27.3 Å². The molecule has 0 aliphatic carbocycles. The molecule has 0 fully saturated rings. The van der Waals surface area contributed by atoms with Crippen LogP contribution in [0, 0.1) is 12.3 Å². The van der Waals surface area contributed by atoms with Gasteiger partial charge < -0.3 is 10.6 Å². The second-order valence-electron chi connectivity index (χ2n) is 6.10. The Morgan fingerprint density at radius 3 is 2.42 bits per heavy atom. The number of halogens is 1. The van der Waals surface area contributed by atoms with E-state index in [1.165, 1.54) is 0 Å². The molecule has 6 heteroatoms. The largest absolute Gasteiger partial charge is 0.351 e. The van der Waals surface area contributed by atoms with Crippen molar-refractivity contribution in [1.29, 1.82) is 0 Å². The van der Waals surface area contributed by atoms with E-state index < -0.39 is 5.41 Å². The molecule has 0 unspecified atom stereocenters. The van der Waals surface area contributed by atoms with Crippen molar-refractivity contribution in [1.82, 2.24) is 10.3 Å². The summed E-state index contributed by atoms with van der Waals surface area (Å²) in [7, 11) is 0. The van der Waals surface area contributed by atoms with Gasteiger partial charge in [-0.2, -0.15) is 0 Å². The van der Waals surface area contributed by atoms with E-state index in [1.54, 1.807) is 26.2 Å². The SMILES string of the molecule is Cc1ccc(NC(=O)C(C)(C)C(=O)NCc2ccncc2)c(Br)c1. The zero-order chi connectivity index (χ0) is 17.7. The monoisotopic (exact) mass is 389 g/mol. The van der Waals surface area contributed by atoms with Crippen LogP contribution < -0.4 is 10.6 Å². The summed E-state index contributed by atoms with van der Waals surface area (Å²) in [6.07, 6.45) is 3.32. The number of carbonyl (C=O) groups is 2. The summed E-state index contributed by atoms with van der Waals surface area (Å²) in [4.78, 5) is 28.9. The van der Waals surface area contributed by atoms with Gasteiger partial charge in [0.25, 0.3) is 0 Å². The maximum Gasteiger partial charge on any atom is 0.239 e. The van der Waals surface area contributed by atoms with Gasteiger partial charge in [-0.25, -0.2) is 0 Å². The number of hydrogen-bond acceptors (Lipinski definition) is 3. The molecule has 0 aliphatic heterocycles. The van der Waals surface area contributed by atoms with Gasteiger partial charge in [-0.05, 0) is 72.1 Å². The molecule has 1 aromatic heterocycles. The molecule has 1 aromatic carbocycles. The molecule has 2 aromatic rings. The normalized spacial score (nSPS) is 11.0. The van der Waals surface area contributed by atoms with Gasteiger partial charge in [0, 0.05) is 23.4 Å². The van der Waals surface area contributed by atoms with Crippen LogP contribution in [0.3, 0.4) is 0 Å². The van der Waals surface area contributed by atoms with E-state index in [0.717, 1.165) is 15.6 Å². The minimum absolute atomic E-state index is 0.333. The van der Waals surface area contributed by atoms with Crippen LogP contribution in [0.4, 0.5) is 5.69 Å². The van der Waals surface area contributed by atoms with E-state index in [9.17, 15) is 9.59 Å². The first-order valence-corrected chi connectivity index (χ1v) is 8.35. The average Bonchev–Trinajstić information content (AvgIpc) is 2.55. The Kier molecular flexibility index (Phi) is 5.72. The molecule has 126 valence electrons. The van der Waals surface area contributed by atoms with E-state index in [0.29, 0.717) is 12.2 Å². The van der Waals surface area contributed by atoms with Crippen LogP contribution in [-0.4, -0.2) is 16.8 Å². The van der Waals surface area contributed by atoms with Crippen LogP contribution in [0.5, 0.6) is 0 Å². The van der Waals surface area contributed by atoms with Gasteiger partial charge in [0.15, 0.2) is 0 Å². The number of amides is 2. The third-order valence-electron chi connectivity index (χ3n) is 3.71. The molecule has 2 N–H and O–H groups in total. The van der Waals surface area contributed by atoms with Crippen molar-refractivity contribution in [3.8, 4) is 0 Å². The number of carbonyl (C=O) groups excluding carboxylic acids is 2. The van der Waals surface area contributed by atoms with Crippen LogP contribution in [0.15, 0.2) is 47.2 Å². The first kappa shape index (κ1) is 18.1. The molecule has 1 heterocycles. The minimum Gasteiger partial charge on any atom is -0.351 e. The summed E-state index contributed by atoms with van der Waals surface area (Å²) >= 11 is 3.42. The van der Waals surface area contributed by atoms with Crippen LogP contribution in [0.2, 0.25) is 0 Å². The highest BCUT2D eigenvalue weighted by atomic mass is 79.9. The Balaban J connectivity index is 2.02. The van der Waals surface area contributed by atoms with E-state index in [2.05, 4.69) is 31.5 Å². The quantitative estimate of drug-likeness (QED) is 0.769. The molecule has 0 radical (unpaired) electrons. The first-order valence-electron chi connectivity index (χ1n) is 7.55. The molecule has 2 amide bonds. The zero-order valence-corrected chi connectivity index (χ0v) is 15.5. The molecular formula is C18H20BrN3O2. The molecule has 0 saturated carbocycles. The maximum absolute atomic E-state index is 12.5. The van der Waals surface area contributed by atoms with Crippen molar-refractivity contribution in [3.05, 3.63) is 58.3 Å². The highest BCUT2D eigenvalue weighted by Gasteiger charge is 2.36. The number of hydrogen-bond donors (Lipinski definition) is 2. The zero-order valence-electron chi connectivity index (χ0n) is 13.9. The molecule has 0 aliphatic rings. The predicted octanol–water partition coefficient (Wildman–Crippen LogP) is 3.43. The van der Waals surface area contributed by atoms with Crippen LogP contribution in [0.1, 0.15) is 25.0 Å². The molecule has 5 nitrogen and oxygen atoms in total. The molecule has 0 atom stereocenters. The smallest absolute Gasteiger partial charge is 0.239 e. The Bertz CT molecular complexity index is 745. The highest BCUT2D eigenvalue weighted by Crippen LogP contribution is 2.26. The van der Waals surface area contributed by atoms with Crippen molar-refractivity contribution < 1.29 is 9.59 Å².